The fourth-order valence-corrected chi connectivity index (χ4v) is 0.671. The number of ether oxygens (including phenoxy) is 1. The summed E-state index contributed by atoms with van der Waals surface area (Å²) < 4.78 is 4.84. The Morgan fingerprint density at radius 1 is 1.55 bits per heavy atom. The van der Waals surface area contributed by atoms with Crippen LogP contribution in [0.15, 0.2) is 0 Å². The van der Waals surface area contributed by atoms with Gasteiger partial charge >= 0.3 is 0 Å². The fraction of sp³-hybridized carbons (Fsp3) is 0.857. The van der Waals surface area contributed by atoms with Crippen molar-refractivity contribution in [3.8, 4) is 0 Å². The number of rotatable bonds is 6. The van der Waals surface area contributed by atoms with Crippen molar-refractivity contribution < 1.29 is 9.53 Å². The number of methoxy groups -OCH3 is 1. The minimum absolute atomic E-state index is 0.0737. The minimum Gasteiger partial charge on any atom is -0.385 e. The molecule has 0 atom stereocenters. The zero-order chi connectivity index (χ0) is 8.53. The molecule has 0 rings (SSSR count). The SMILES string of the molecule is COCCCCNC(=O)CN. The van der Waals surface area contributed by atoms with Gasteiger partial charge in [-0.2, -0.15) is 0 Å². The second-order valence-corrected chi connectivity index (χ2v) is 2.25. The van der Waals surface area contributed by atoms with E-state index in [0.29, 0.717) is 6.54 Å². The number of nitrogens with one attached hydrogen (secondary N) is 1. The largest absolute Gasteiger partial charge is 0.385 e. The molecular weight excluding hydrogens is 144 g/mol. The average Bonchev–Trinajstić information content (AvgIpc) is 2.04. The summed E-state index contributed by atoms with van der Waals surface area (Å²) in [5, 5.41) is 2.67. The number of hydrogen-bond acceptors (Lipinski definition) is 3. The maximum Gasteiger partial charge on any atom is 0.233 e. The molecule has 1 amide bonds. The van der Waals surface area contributed by atoms with Crippen LogP contribution in [0.5, 0.6) is 0 Å². The molecule has 0 aliphatic rings. The summed E-state index contributed by atoms with van der Waals surface area (Å²) in [6, 6.07) is 0. The zero-order valence-electron chi connectivity index (χ0n) is 6.93. The molecule has 0 aliphatic carbocycles. The molecule has 4 nitrogen and oxygen atoms in total. The summed E-state index contributed by atoms with van der Waals surface area (Å²) in [6.07, 6.45) is 1.92. The Bertz CT molecular complexity index is 107. The molecule has 0 unspecified atom stereocenters. The Hall–Kier alpha value is -0.610. The van der Waals surface area contributed by atoms with Crippen LogP contribution in [0, 0.1) is 0 Å². The van der Waals surface area contributed by atoms with Crippen LogP contribution in [0.1, 0.15) is 12.8 Å². The summed E-state index contributed by atoms with van der Waals surface area (Å²) in [5.74, 6) is -0.0950. The number of unbranched alkanes of at least 4 members (excludes halogenated alkanes) is 1. The smallest absolute Gasteiger partial charge is 0.233 e. The Labute approximate surface area is 67.1 Å². The second kappa shape index (κ2) is 7.50. The molecular formula is C7H16N2O2. The van der Waals surface area contributed by atoms with E-state index in [0.717, 1.165) is 19.4 Å². The third kappa shape index (κ3) is 7.29. The number of hydrogen-bond donors (Lipinski definition) is 2. The van der Waals surface area contributed by atoms with E-state index in [1.54, 1.807) is 7.11 Å². The van der Waals surface area contributed by atoms with Gasteiger partial charge in [-0.3, -0.25) is 4.79 Å². The molecule has 0 heterocycles. The first kappa shape index (κ1) is 10.4. The number of amides is 1. The molecule has 0 aromatic carbocycles. The topological polar surface area (TPSA) is 64.3 Å². The molecule has 0 fully saturated rings. The van der Waals surface area contributed by atoms with Gasteiger partial charge in [-0.25, -0.2) is 0 Å². The van der Waals surface area contributed by atoms with E-state index in [1.165, 1.54) is 0 Å². The van der Waals surface area contributed by atoms with Crippen LogP contribution in [-0.4, -0.2) is 32.7 Å². The van der Waals surface area contributed by atoms with Gasteiger partial charge in [-0.15, -0.1) is 0 Å². The molecule has 11 heavy (non-hydrogen) atoms. The predicted octanol–water partition coefficient (Wildman–Crippen LogP) is -0.512. The summed E-state index contributed by atoms with van der Waals surface area (Å²) in [5.41, 5.74) is 5.08. The molecule has 0 aromatic rings. The first-order chi connectivity index (χ1) is 5.31. The van der Waals surface area contributed by atoms with Gasteiger partial charge in [0.2, 0.25) is 5.91 Å². The van der Waals surface area contributed by atoms with Gasteiger partial charge in [-0.1, -0.05) is 0 Å². The molecule has 3 N–H and O–H groups in total. The van der Waals surface area contributed by atoms with Gasteiger partial charge in [0.1, 0.15) is 0 Å². The molecule has 4 heteroatoms. The quantitative estimate of drug-likeness (QED) is 0.514. The molecule has 0 aromatic heterocycles. The van der Waals surface area contributed by atoms with Crippen molar-refractivity contribution in [2.75, 3.05) is 26.8 Å². The number of carbonyl (C=O) groups is 1. The highest BCUT2D eigenvalue weighted by Gasteiger charge is 1.94. The molecule has 66 valence electrons. The van der Waals surface area contributed by atoms with Crippen molar-refractivity contribution in [1.82, 2.24) is 5.32 Å². The van der Waals surface area contributed by atoms with Crippen molar-refractivity contribution >= 4 is 5.91 Å². The normalized spacial score (nSPS) is 9.64. The van der Waals surface area contributed by atoms with E-state index in [-0.39, 0.29) is 12.5 Å². The standard InChI is InChI=1S/C7H16N2O2/c1-11-5-3-2-4-9-7(10)6-8/h2-6,8H2,1H3,(H,9,10). The van der Waals surface area contributed by atoms with Gasteiger partial charge in [-0.05, 0) is 12.8 Å². The van der Waals surface area contributed by atoms with Crippen LogP contribution in [0.3, 0.4) is 0 Å². The van der Waals surface area contributed by atoms with Gasteiger partial charge in [0, 0.05) is 20.3 Å². The van der Waals surface area contributed by atoms with E-state index >= 15 is 0 Å². The Balaban J connectivity index is 2.95. The highest BCUT2D eigenvalue weighted by molar-refractivity contribution is 5.77. The highest BCUT2D eigenvalue weighted by Crippen LogP contribution is 1.85. The van der Waals surface area contributed by atoms with Crippen molar-refractivity contribution in [2.45, 2.75) is 12.8 Å². The first-order valence-corrected chi connectivity index (χ1v) is 3.77. The van der Waals surface area contributed by atoms with Crippen LogP contribution >= 0.6 is 0 Å². The van der Waals surface area contributed by atoms with Gasteiger partial charge < -0.3 is 15.8 Å². The Morgan fingerprint density at radius 3 is 2.82 bits per heavy atom. The third-order valence-corrected chi connectivity index (χ3v) is 1.28. The monoisotopic (exact) mass is 160 g/mol. The lowest BCUT2D eigenvalue weighted by molar-refractivity contribution is -0.119. The van der Waals surface area contributed by atoms with E-state index in [1.807, 2.05) is 0 Å². The van der Waals surface area contributed by atoms with Crippen molar-refractivity contribution in [3.63, 3.8) is 0 Å². The van der Waals surface area contributed by atoms with E-state index < -0.39 is 0 Å². The lowest BCUT2D eigenvalue weighted by atomic mass is 10.3. The van der Waals surface area contributed by atoms with Crippen molar-refractivity contribution in [2.24, 2.45) is 5.73 Å². The van der Waals surface area contributed by atoms with Crippen LogP contribution in [-0.2, 0) is 9.53 Å². The summed E-state index contributed by atoms with van der Waals surface area (Å²) in [7, 11) is 1.67. The number of nitrogens with two attached hydrogens (primary N) is 1. The minimum atomic E-state index is -0.0950. The predicted molar refractivity (Wildman–Crippen MR) is 43.2 cm³/mol. The maximum absolute atomic E-state index is 10.6. The Kier molecular flexibility index (Phi) is 7.08. The van der Waals surface area contributed by atoms with Crippen molar-refractivity contribution in [1.29, 1.82) is 0 Å². The first-order valence-electron chi connectivity index (χ1n) is 3.77. The van der Waals surface area contributed by atoms with Gasteiger partial charge in [0.25, 0.3) is 0 Å². The van der Waals surface area contributed by atoms with Crippen LogP contribution in [0.4, 0.5) is 0 Å². The molecule has 0 bridgehead atoms. The lowest BCUT2D eigenvalue weighted by Crippen LogP contribution is -2.30. The average molecular weight is 160 g/mol. The molecule has 0 saturated carbocycles. The number of carbonyl (C=O) groups excluding carboxylic acids is 1. The summed E-state index contributed by atoms with van der Waals surface area (Å²) in [4.78, 5) is 10.6. The van der Waals surface area contributed by atoms with Crippen LogP contribution in [0.25, 0.3) is 0 Å². The zero-order valence-corrected chi connectivity index (χ0v) is 6.93. The van der Waals surface area contributed by atoms with E-state index in [2.05, 4.69) is 5.32 Å². The Morgan fingerprint density at radius 2 is 2.27 bits per heavy atom. The molecule has 0 spiro atoms. The van der Waals surface area contributed by atoms with Crippen molar-refractivity contribution in [3.05, 3.63) is 0 Å². The fourth-order valence-electron chi connectivity index (χ4n) is 0.671. The summed E-state index contributed by atoms with van der Waals surface area (Å²) in [6.45, 7) is 1.52. The van der Waals surface area contributed by atoms with Gasteiger partial charge in [0.15, 0.2) is 0 Å². The van der Waals surface area contributed by atoms with E-state index in [9.17, 15) is 4.79 Å². The maximum atomic E-state index is 10.6. The molecule has 0 aliphatic heterocycles. The third-order valence-electron chi connectivity index (χ3n) is 1.28. The second-order valence-electron chi connectivity index (χ2n) is 2.25. The van der Waals surface area contributed by atoms with Gasteiger partial charge in [0.05, 0.1) is 6.54 Å². The van der Waals surface area contributed by atoms with Crippen LogP contribution in [0.2, 0.25) is 0 Å². The van der Waals surface area contributed by atoms with E-state index in [4.69, 9.17) is 10.5 Å². The van der Waals surface area contributed by atoms with Crippen LogP contribution < -0.4 is 11.1 Å². The summed E-state index contributed by atoms with van der Waals surface area (Å²) >= 11 is 0. The highest BCUT2D eigenvalue weighted by atomic mass is 16.5. The molecule has 0 radical (unpaired) electrons. The molecule has 0 saturated heterocycles. The lowest BCUT2D eigenvalue weighted by Gasteiger charge is -2.01.